The second kappa shape index (κ2) is 9.91. The number of pyridine rings is 2. The van der Waals surface area contributed by atoms with Crippen LogP contribution >= 0.6 is 0 Å². The minimum absolute atomic E-state index is 0.119. The first kappa shape index (κ1) is 22.6. The molecule has 2 atom stereocenters. The lowest BCUT2D eigenvalue weighted by molar-refractivity contribution is -0.605. The Balaban J connectivity index is 1.34. The van der Waals surface area contributed by atoms with E-state index in [4.69, 9.17) is 4.74 Å². The molecule has 0 spiro atoms. The highest BCUT2D eigenvalue weighted by atomic mass is 19.1. The molecule has 1 saturated heterocycles. The molecule has 33 heavy (non-hydrogen) atoms. The van der Waals surface area contributed by atoms with Gasteiger partial charge in [-0.2, -0.15) is 4.73 Å². The Morgan fingerprint density at radius 1 is 1.24 bits per heavy atom. The van der Waals surface area contributed by atoms with Gasteiger partial charge in [-0.05, 0) is 62.1 Å². The standard InChI is InChI=1S/C24H24F2N4O3/c1-16(29-10-2-3-18(15-29)17-8-11-30(32)12-9-17)24(31)28-23-7-5-20(14-27-23)33-22-6-4-19(25)13-21(22)26/h4-9,11-14,16,18H,2-3,10,15H2,1H3,(H,27,28,31)/t16?,18-/m1/s1. The van der Waals surface area contributed by atoms with E-state index >= 15 is 0 Å². The monoisotopic (exact) mass is 454 g/mol. The summed E-state index contributed by atoms with van der Waals surface area (Å²) in [5, 5.41) is 14.1. The van der Waals surface area contributed by atoms with E-state index in [1.165, 1.54) is 24.7 Å². The van der Waals surface area contributed by atoms with Gasteiger partial charge in [0.05, 0.1) is 12.2 Å². The van der Waals surface area contributed by atoms with Crippen molar-refractivity contribution >= 4 is 11.7 Å². The number of hydrogen-bond donors (Lipinski definition) is 1. The summed E-state index contributed by atoms with van der Waals surface area (Å²) in [7, 11) is 0. The number of nitrogens with zero attached hydrogens (tertiary/aromatic N) is 3. The molecule has 172 valence electrons. The third-order valence-corrected chi connectivity index (χ3v) is 5.79. The molecule has 1 fully saturated rings. The molecule has 1 amide bonds. The summed E-state index contributed by atoms with van der Waals surface area (Å²) in [5.41, 5.74) is 1.09. The first-order valence-electron chi connectivity index (χ1n) is 10.7. The van der Waals surface area contributed by atoms with E-state index in [0.29, 0.717) is 5.82 Å². The number of likely N-dealkylation sites (tertiary alicyclic amines) is 1. The molecule has 1 aromatic carbocycles. The van der Waals surface area contributed by atoms with Gasteiger partial charge in [0.25, 0.3) is 0 Å². The number of anilines is 1. The van der Waals surface area contributed by atoms with E-state index in [-0.39, 0.29) is 29.4 Å². The van der Waals surface area contributed by atoms with Gasteiger partial charge in [0.1, 0.15) is 17.4 Å². The first-order chi connectivity index (χ1) is 15.9. The largest absolute Gasteiger partial charge is 0.619 e. The summed E-state index contributed by atoms with van der Waals surface area (Å²) in [4.78, 5) is 19.1. The SMILES string of the molecule is CC(C(=O)Nc1ccc(Oc2ccc(F)cc2F)cn1)N1CCC[C@@H](c2cc[n+]([O-])cc2)C1. The van der Waals surface area contributed by atoms with E-state index in [1.54, 1.807) is 12.1 Å². The van der Waals surface area contributed by atoms with Crippen LogP contribution in [0.5, 0.6) is 11.5 Å². The van der Waals surface area contributed by atoms with E-state index in [2.05, 4.69) is 15.2 Å². The number of ether oxygens (including phenoxy) is 1. The molecule has 0 bridgehead atoms. The van der Waals surface area contributed by atoms with Crippen molar-refractivity contribution in [2.45, 2.75) is 31.7 Å². The fraction of sp³-hybridized carbons (Fsp3) is 0.292. The Hall–Kier alpha value is -3.59. The molecule has 0 aliphatic carbocycles. The molecular formula is C24H24F2N4O3. The molecule has 0 radical (unpaired) electrons. The summed E-state index contributed by atoms with van der Waals surface area (Å²) in [6.45, 7) is 3.38. The summed E-state index contributed by atoms with van der Waals surface area (Å²) >= 11 is 0. The summed E-state index contributed by atoms with van der Waals surface area (Å²) < 4.78 is 32.9. The minimum Gasteiger partial charge on any atom is -0.619 e. The Kier molecular flexibility index (Phi) is 6.79. The molecule has 0 saturated carbocycles. The second-order valence-electron chi connectivity index (χ2n) is 8.05. The second-order valence-corrected chi connectivity index (χ2v) is 8.05. The van der Waals surface area contributed by atoms with Gasteiger partial charge >= 0.3 is 0 Å². The molecule has 7 nitrogen and oxygen atoms in total. The third kappa shape index (κ3) is 5.61. The van der Waals surface area contributed by atoms with Crippen LogP contribution in [-0.2, 0) is 4.79 Å². The third-order valence-electron chi connectivity index (χ3n) is 5.79. The first-order valence-corrected chi connectivity index (χ1v) is 10.7. The average Bonchev–Trinajstić information content (AvgIpc) is 2.82. The quantitative estimate of drug-likeness (QED) is 0.450. The van der Waals surface area contributed by atoms with Crippen LogP contribution in [0.25, 0.3) is 0 Å². The topological polar surface area (TPSA) is 81.4 Å². The van der Waals surface area contributed by atoms with Gasteiger partial charge in [0, 0.05) is 24.7 Å². The molecule has 1 aliphatic rings. The lowest BCUT2D eigenvalue weighted by Gasteiger charge is -2.36. The average molecular weight is 454 g/mol. The number of aromatic nitrogens is 2. The fourth-order valence-electron chi connectivity index (χ4n) is 3.92. The maximum Gasteiger partial charge on any atom is 0.242 e. The lowest BCUT2D eigenvalue weighted by atomic mass is 9.90. The molecule has 4 rings (SSSR count). The van der Waals surface area contributed by atoms with E-state index in [9.17, 15) is 18.8 Å². The van der Waals surface area contributed by atoms with Crippen LogP contribution in [0.3, 0.4) is 0 Å². The minimum atomic E-state index is -0.816. The van der Waals surface area contributed by atoms with Gasteiger partial charge in [-0.1, -0.05) is 0 Å². The van der Waals surface area contributed by atoms with Crippen LogP contribution in [0.1, 0.15) is 31.2 Å². The number of rotatable bonds is 6. The highest BCUT2D eigenvalue weighted by Crippen LogP contribution is 2.28. The van der Waals surface area contributed by atoms with Crippen molar-refractivity contribution in [3.05, 3.63) is 83.5 Å². The number of amides is 1. The number of benzene rings is 1. The van der Waals surface area contributed by atoms with Crippen molar-refractivity contribution in [2.75, 3.05) is 18.4 Å². The molecule has 3 heterocycles. The molecule has 3 aromatic rings. The Morgan fingerprint density at radius 3 is 2.73 bits per heavy atom. The molecule has 2 aromatic heterocycles. The van der Waals surface area contributed by atoms with Crippen LogP contribution in [-0.4, -0.2) is 34.9 Å². The lowest BCUT2D eigenvalue weighted by Crippen LogP contribution is -2.46. The van der Waals surface area contributed by atoms with Gasteiger partial charge < -0.3 is 15.3 Å². The normalized spacial score (nSPS) is 17.4. The fourth-order valence-corrected chi connectivity index (χ4v) is 3.92. The maximum absolute atomic E-state index is 13.7. The van der Waals surface area contributed by atoms with E-state index in [0.717, 1.165) is 48.4 Å². The number of piperidine rings is 1. The molecule has 9 heteroatoms. The molecule has 1 N–H and O–H groups in total. The predicted octanol–water partition coefficient (Wildman–Crippen LogP) is 3.99. The zero-order valence-electron chi connectivity index (χ0n) is 18.1. The van der Waals surface area contributed by atoms with E-state index in [1.807, 2.05) is 19.1 Å². The van der Waals surface area contributed by atoms with Crippen LogP contribution in [0.15, 0.2) is 61.1 Å². The highest BCUT2D eigenvalue weighted by molar-refractivity contribution is 5.93. The predicted molar refractivity (Wildman–Crippen MR) is 118 cm³/mol. The van der Waals surface area contributed by atoms with Crippen LogP contribution in [0.4, 0.5) is 14.6 Å². The number of nitrogens with one attached hydrogen (secondary N) is 1. The van der Waals surface area contributed by atoms with Gasteiger partial charge in [-0.15, -0.1) is 0 Å². The van der Waals surface area contributed by atoms with Crippen molar-refractivity contribution in [3.8, 4) is 11.5 Å². The van der Waals surface area contributed by atoms with Crippen molar-refractivity contribution < 1.29 is 23.0 Å². The Morgan fingerprint density at radius 2 is 2.03 bits per heavy atom. The molecule has 1 unspecified atom stereocenters. The maximum atomic E-state index is 13.7. The van der Waals surface area contributed by atoms with Crippen LogP contribution in [0, 0.1) is 16.8 Å². The van der Waals surface area contributed by atoms with Crippen LogP contribution < -0.4 is 14.8 Å². The van der Waals surface area contributed by atoms with Crippen molar-refractivity contribution in [3.63, 3.8) is 0 Å². The zero-order valence-corrected chi connectivity index (χ0v) is 18.1. The van der Waals surface area contributed by atoms with Crippen LogP contribution in [0.2, 0.25) is 0 Å². The van der Waals surface area contributed by atoms with Gasteiger partial charge in [-0.3, -0.25) is 9.69 Å². The summed E-state index contributed by atoms with van der Waals surface area (Å²) in [5.74, 6) is -0.952. The van der Waals surface area contributed by atoms with E-state index < -0.39 is 11.6 Å². The zero-order chi connectivity index (χ0) is 23.4. The van der Waals surface area contributed by atoms with Gasteiger partial charge in [0.2, 0.25) is 5.91 Å². The number of halogens is 2. The highest BCUT2D eigenvalue weighted by Gasteiger charge is 2.28. The van der Waals surface area contributed by atoms with Crippen molar-refractivity contribution in [2.24, 2.45) is 0 Å². The van der Waals surface area contributed by atoms with Crippen molar-refractivity contribution in [1.82, 2.24) is 9.88 Å². The van der Waals surface area contributed by atoms with Gasteiger partial charge in [-0.25, -0.2) is 13.8 Å². The molecular weight excluding hydrogens is 430 g/mol. The van der Waals surface area contributed by atoms with Crippen molar-refractivity contribution in [1.29, 1.82) is 0 Å². The molecule has 1 aliphatic heterocycles. The number of carbonyl (C=O) groups excluding carboxylic acids is 1. The number of carbonyl (C=O) groups is 1. The summed E-state index contributed by atoms with van der Waals surface area (Å²) in [6.07, 6.45) is 6.31. The van der Waals surface area contributed by atoms with Gasteiger partial charge in [0.15, 0.2) is 24.0 Å². The summed E-state index contributed by atoms with van der Waals surface area (Å²) in [6, 6.07) is 9.43. The number of hydrogen-bond acceptors (Lipinski definition) is 5. The smallest absolute Gasteiger partial charge is 0.242 e. The Labute approximate surface area is 190 Å². The Bertz CT molecular complexity index is 1110.